The highest BCUT2D eigenvalue weighted by molar-refractivity contribution is 6.22. The van der Waals surface area contributed by atoms with Gasteiger partial charge < -0.3 is 10.3 Å². The van der Waals surface area contributed by atoms with Crippen LogP contribution in [0.2, 0.25) is 0 Å². The standard InChI is InChI=1S/C19H20N4O5/c1-4-9(2)10(3)23-17(26)12-6-5-11(7-13(12)18(23)27)15(24)21-14-8-20-19(28)22-16(14)25/h5-10H,4H2,1-3H3,(H,21,24)(H2,20,22,25,28). The van der Waals surface area contributed by atoms with Crippen LogP contribution in [-0.2, 0) is 0 Å². The molecule has 0 bridgehead atoms. The number of rotatable bonds is 5. The molecule has 2 aromatic rings. The Morgan fingerprint density at radius 1 is 1.11 bits per heavy atom. The number of aromatic nitrogens is 2. The molecular formula is C19H20N4O5. The van der Waals surface area contributed by atoms with Gasteiger partial charge >= 0.3 is 5.69 Å². The van der Waals surface area contributed by atoms with Crippen LogP contribution in [0.5, 0.6) is 0 Å². The molecule has 2 atom stereocenters. The minimum Gasteiger partial charge on any atom is -0.316 e. The summed E-state index contributed by atoms with van der Waals surface area (Å²) in [6.07, 6.45) is 1.90. The molecular weight excluding hydrogens is 364 g/mol. The molecule has 0 saturated carbocycles. The van der Waals surface area contributed by atoms with E-state index in [2.05, 4.69) is 10.3 Å². The molecule has 3 amide bonds. The molecule has 0 fully saturated rings. The zero-order valence-corrected chi connectivity index (χ0v) is 15.7. The van der Waals surface area contributed by atoms with Crippen molar-refractivity contribution in [3.63, 3.8) is 0 Å². The summed E-state index contributed by atoms with van der Waals surface area (Å²) in [4.78, 5) is 66.1. The molecule has 146 valence electrons. The third kappa shape index (κ3) is 3.26. The number of hydrogen-bond donors (Lipinski definition) is 3. The highest BCUT2D eigenvalue weighted by Gasteiger charge is 2.40. The molecule has 0 aliphatic carbocycles. The van der Waals surface area contributed by atoms with Crippen molar-refractivity contribution >= 4 is 23.4 Å². The molecule has 3 rings (SSSR count). The van der Waals surface area contributed by atoms with Crippen LogP contribution in [0.1, 0.15) is 58.3 Å². The maximum atomic E-state index is 12.8. The second-order valence-electron chi connectivity index (χ2n) is 6.81. The lowest BCUT2D eigenvalue weighted by Crippen LogP contribution is -2.41. The Bertz CT molecular complexity index is 1080. The monoisotopic (exact) mass is 384 g/mol. The first-order chi connectivity index (χ1) is 13.2. The fourth-order valence-corrected chi connectivity index (χ4v) is 3.06. The van der Waals surface area contributed by atoms with Crippen molar-refractivity contribution in [1.82, 2.24) is 14.9 Å². The molecule has 1 aromatic carbocycles. The smallest absolute Gasteiger partial charge is 0.316 e. The van der Waals surface area contributed by atoms with Crippen molar-refractivity contribution in [3.05, 3.63) is 61.9 Å². The van der Waals surface area contributed by atoms with Crippen molar-refractivity contribution in [3.8, 4) is 0 Å². The van der Waals surface area contributed by atoms with Gasteiger partial charge in [0.05, 0.1) is 11.1 Å². The predicted molar refractivity (Wildman–Crippen MR) is 101 cm³/mol. The van der Waals surface area contributed by atoms with Gasteiger partial charge in [-0.1, -0.05) is 20.3 Å². The summed E-state index contributed by atoms with van der Waals surface area (Å²) in [5.74, 6) is -1.33. The average molecular weight is 384 g/mol. The highest BCUT2D eigenvalue weighted by Crippen LogP contribution is 2.28. The van der Waals surface area contributed by atoms with Gasteiger partial charge in [-0.3, -0.25) is 29.1 Å². The number of aromatic amines is 2. The van der Waals surface area contributed by atoms with E-state index < -0.39 is 23.1 Å². The van der Waals surface area contributed by atoms with E-state index in [4.69, 9.17) is 0 Å². The molecule has 0 saturated heterocycles. The van der Waals surface area contributed by atoms with E-state index in [0.29, 0.717) is 0 Å². The number of imide groups is 1. The Balaban J connectivity index is 1.89. The number of carbonyl (C=O) groups is 3. The summed E-state index contributed by atoms with van der Waals surface area (Å²) in [7, 11) is 0. The molecule has 9 nitrogen and oxygen atoms in total. The first kappa shape index (κ1) is 19.3. The molecule has 2 unspecified atom stereocenters. The largest absolute Gasteiger partial charge is 0.325 e. The predicted octanol–water partition coefficient (Wildman–Crippen LogP) is 1.35. The highest BCUT2D eigenvalue weighted by atomic mass is 16.2. The zero-order valence-electron chi connectivity index (χ0n) is 15.7. The van der Waals surface area contributed by atoms with Gasteiger partial charge in [0.25, 0.3) is 23.3 Å². The Morgan fingerprint density at radius 2 is 1.79 bits per heavy atom. The quantitative estimate of drug-likeness (QED) is 0.669. The zero-order chi connectivity index (χ0) is 20.6. The minimum atomic E-state index is -0.752. The molecule has 0 radical (unpaired) electrons. The number of nitrogens with one attached hydrogen (secondary N) is 3. The fourth-order valence-electron chi connectivity index (χ4n) is 3.06. The Hall–Kier alpha value is -3.49. The van der Waals surface area contributed by atoms with Crippen LogP contribution in [-0.4, -0.2) is 38.6 Å². The van der Waals surface area contributed by atoms with Crippen molar-refractivity contribution < 1.29 is 14.4 Å². The van der Waals surface area contributed by atoms with E-state index in [1.54, 1.807) is 0 Å². The maximum absolute atomic E-state index is 12.8. The summed E-state index contributed by atoms with van der Waals surface area (Å²) < 4.78 is 0. The van der Waals surface area contributed by atoms with Crippen LogP contribution >= 0.6 is 0 Å². The molecule has 1 aliphatic rings. The summed E-state index contributed by atoms with van der Waals surface area (Å²) in [5.41, 5.74) is -1.07. The first-order valence-corrected chi connectivity index (χ1v) is 8.89. The van der Waals surface area contributed by atoms with Gasteiger partial charge in [0.15, 0.2) is 0 Å². The number of nitrogens with zero attached hydrogens (tertiary/aromatic N) is 1. The van der Waals surface area contributed by atoms with E-state index in [1.165, 1.54) is 23.1 Å². The third-order valence-corrected chi connectivity index (χ3v) is 5.12. The number of hydrogen-bond acceptors (Lipinski definition) is 5. The number of amides is 3. The Kier molecular flexibility index (Phi) is 5.00. The van der Waals surface area contributed by atoms with E-state index in [1.807, 2.05) is 25.8 Å². The number of carbonyl (C=O) groups excluding carboxylic acids is 3. The van der Waals surface area contributed by atoms with Gasteiger partial charge in [0, 0.05) is 17.8 Å². The van der Waals surface area contributed by atoms with E-state index in [-0.39, 0.29) is 40.2 Å². The first-order valence-electron chi connectivity index (χ1n) is 8.89. The van der Waals surface area contributed by atoms with Crippen molar-refractivity contribution in [2.75, 3.05) is 5.32 Å². The summed E-state index contributed by atoms with van der Waals surface area (Å²) in [6, 6.07) is 3.92. The summed E-state index contributed by atoms with van der Waals surface area (Å²) in [5, 5.41) is 2.37. The van der Waals surface area contributed by atoms with Gasteiger partial charge in [0.2, 0.25) is 0 Å². The Morgan fingerprint density at radius 3 is 2.43 bits per heavy atom. The molecule has 0 spiro atoms. The van der Waals surface area contributed by atoms with Crippen molar-refractivity contribution in [2.24, 2.45) is 5.92 Å². The van der Waals surface area contributed by atoms with Crippen LogP contribution in [0.15, 0.2) is 34.0 Å². The topological polar surface area (TPSA) is 132 Å². The fraction of sp³-hybridized carbons (Fsp3) is 0.316. The van der Waals surface area contributed by atoms with Crippen molar-refractivity contribution in [2.45, 2.75) is 33.2 Å². The molecule has 9 heteroatoms. The van der Waals surface area contributed by atoms with Gasteiger partial charge in [-0.25, -0.2) is 4.79 Å². The van der Waals surface area contributed by atoms with Gasteiger partial charge in [-0.2, -0.15) is 0 Å². The second kappa shape index (κ2) is 7.26. The molecule has 3 N–H and O–H groups in total. The number of anilines is 1. The van der Waals surface area contributed by atoms with E-state index in [0.717, 1.165) is 12.6 Å². The van der Waals surface area contributed by atoms with E-state index in [9.17, 15) is 24.0 Å². The Labute approximate surface area is 159 Å². The van der Waals surface area contributed by atoms with Crippen molar-refractivity contribution in [1.29, 1.82) is 0 Å². The van der Waals surface area contributed by atoms with Crippen LogP contribution in [0.3, 0.4) is 0 Å². The van der Waals surface area contributed by atoms with Gasteiger partial charge in [-0.05, 0) is 31.0 Å². The lowest BCUT2D eigenvalue weighted by Gasteiger charge is -2.27. The lowest BCUT2D eigenvalue weighted by atomic mass is 9.99. The van der Waals surface area contributed by atoms with E-state index >= 15 is 0 Å². The number of H-pyrrole nitrogens is 2. The minimum absolute atomic E-state index is 0.114. The molecule has 2 heterocycles. The normalized spacial score (nSPS) is 15.3. The summed E-state index contributed by atoms with van der Waals surface area (Å²) in [6.45, 7) is 5.78. The average Bonchev–Trinajstić information content (AvgIpc) is 2.92. The summed E-state index contributed by atoms with van der Waals surface area (Å²) >= 11 is 0. The second-order valence-corrected chi connectivity index (χ2v) is 6.81. The SMILES string of the molecule is CCC(C)C(C)N1C(=O)c2ccc(C(=O)Nc3c[nH]c(=O)[nH]c3=O)cc2C1=O. The van der Waals surface area contributed by atoms with Crippen LogP contribution in [0, 0.1) is 5.92 Å². The van der Waals surface area contributed by atoms with Gasteiger partial charge in [-0.15, -0.1) is 0 Å². The molecule has 1 aliphatic heterocycles. The third-order valence-electron chi connectivity index (χ3n) is 5.12. The molecule has 1 aromatic heterocycles. The van der Waals surface area contributed by atoms with Gasteiger partial charge in [0.1, 0.15) is 5.69 Å². The molecule has 28 heavy (non-hydrogen) atoms. The van der Waals surface area contributed by atoms with Crippen LogP contribution in [0.25, 0.3) is 0 Å². The lowest BCUT2D eigenvalue weighted by molar-refractivity contribution is 0.0550. The number of benzene rings is 1. The maximum Gasteiger partial charge on any atom is 0.325 e. The number of fused-ring (bicyclic) bond motifs is 1. The van der Waals surface area contributed by atoms with Crippen LogP contribution < -0.4 is 16.6 Å². The van der Waals surface area contributed by atoms with Crippen LogP contribution in [0.4, 0.5) is 5.69 Å².